The molecule has 1 aromatic carbocycles. The maximum atomic E-state index is 13.7. The lowest BCUT2D eigenvalue weighted by atomic mass is 10.3. The summed E-state index contributed by atoms with van der Waals surface area (Å²) in [6.45, 7) is -1.53. The standard InChI is InChI=1S/C11H9FN2O6S/c1-2-5-13(7-11(15)16)21(19,20)10-4-3-8(14(17)18)6-9(10)12/h1,3-4,6H,5,7H2,(H,15,16). The minimum atomic E-state index is -4.52. The Hall–Kier alpha value is -2.51. The van der Waals surface area contributed by atoms with Crippen LogP contribution in [0.25, 0.3) is 0 Å². The van der Waals surface area contributed by atoms with E-state index in [2.05, 4.69) is 0 Å². The molecule has 0 aliphatic rings. The molecule has 21 heavy (non-hydrogen) atoms. The molecule has 0 heterocycles. The van der Waals surface area contributed by atoms with E-state index in [-0.39, 0.29) is 0 Å². The van der Waals surface area contributed by atoms with Crippen LogP contribution in [0.3, 0.4) is 0 Å². The molecule has 0 amide bonds. The number of aliphatic carboxylic acids is 1. The number of hydrogen-bond acceptors (Lipinski definition) is 5. The Morgan fingerprint density at radius 3 is 2.57 bits per heavy atom. The van der Waals surface area contributed by atoms with Gasteiger partial charge in [0.15, 0.2) is 0 Å². The summed E-state index contributed by atoms with van der Waals surface area (Å²) in [5.74, 6) is -0.889. The highest BCUT2D eigenvalue weighted by Gasteiger charge is 2.29. The first-order valence-corrected chi connectivity index (χ1v) is 6.73. The molecule has 0 atom stereocenters. The van der Waals surface area contributed by atoms with Gasteiger partial charge < -0.3 is 5.11 Å². The van der Waals surface area contributed by atoms with Crippen LogP contribution in [0, 0.1) is 28.3 Å². The number of nitro groups is 1. The number of halogens is 1. The van der Waals surface area contributed by atoms with Crippen LogP contribution in [-0.2, 0) is 14.8 Å². The summed E-state index contributed by atoms with van der Waals surface area (Å²) < 4.78 is 38.3. The molecule has 0 aliphatic carbocycles. The molecule has 112 valence electrons. The molecule has 0 fully saturated rings. The second kappa shape index (κ2) is 6.29. The quantitative estimate of drug-likeness (QED) is 0.462. The first-order valence-electron chi connectivity index (χ1n) is 5.29. The number of non-ortho nitro benzene ring substituents is 1. The van der Waals surface area contributed by atoms with Crippen LogP contribution in [0.15, 0.2) is 23.1 Å². The predicted octanol–water partition coefficient (Wildman–Crippen LogP) is 0.442. The van der Waals surface area contributed by atoms with Crippen molar-refractivity contribution in [2.75, 3.05) is 13.1 Å². The Labute approximate surface area is 119 Å². The molecular formula is C11H9FN2O6S. The van der Waals surface area contributed by atoms with Gasteiger partial charge in [0.25, 0.3) is 5.69 Å². The Bertz CT molecular complexity index is 725. The first kappa shape index (κ1) is 16.5. The molecule has 0 radical (unpaired) electrons. The van der Waals surface area contributed by atoms with E-state index in [1.165, 1.54) is 0 Å². The lowest BCUT2D eigenvalue weighted by Gasteiger charge is -2.17. The number of hydrogen-bond donors (Lipinski definition) is 1. The molecule has 0 aliphatic heterocycles. The summed E-state index contributed by atoms with van der Waals surface area (Å²) in [6, 6.07) is 1.92. The monoisotopic (exact) mass is 316 g/mol. The van der Waals surface area contributed by atoms with Gasteiger partial charge in [0.1, 0.15) is 17.3 Å². The fraction of sp³-hybridized carbons (Fsp3) is 0.182. The lowest BCUT2D eigenvalue weighted by Crippen LogP contribution is -2.36. The molecule has 0 aromatic heterocycles. The van der Waals surface area contributed by atoms with Gasteiger partial charge in [-0.1, -0.05) is 5.92 Å². The Balaban J connectivity index is 3.31. The van der Waals surface area contributed by atoms with Gasteiger partial charge in [-0.15, -0.1) is 6.42 Å². The number of benzene rings is 1. The fourth-order valence-electron chi connectivity index (χ4n) is 1.43. The summed E-state index contributed by atoms with van der Waals surface area (Å²) >= 11 is 0. The summed E-state index contributed by atoms with van der Waals surface area (Å²) in [5.41, 5.74) is -0.631. The highest BCUT2D eigenvalue weighted by molar-refractivity contribution is 7.89. The normalized spacial score (nSPS) is 11.1. The molecule has 0 saturated carbocycles. The van der Waals surface area contributed by atoms with Gasteiger partial charge in [0.05, 0.1) is 17.5 Å². The third-order valence-corrected chi connectivity index (χ3v) is 4.15. The summed E-state index contributed by atoms with van der Waals surface area (Å²) in [4.78, 5) is 19.3. The number of sulfonamides is 1. The van der Waals surface area contributed by atoms with Crippen molar-refractivity contribution in [3.05, 3.63) is 34.1 Å². The maximum absolute atomic E-state index is 13.7. The van der Waals surface area contributed by atoms with Gasteiger partial charge in [-0.3, -0.25) is 14.9 Å². The molecular weight excluding hydrogens is 307 g/mol. The van der Waals surface area contributed by atoms with E-state index >= 15 is 0 Å². The number of carboxylic acids is 1. The van der Waals surface area contributed by atoms with Crippen LogP contribution < -0.4 is 0 Å². The van der Waals surface area contributed by atoms with E-state index < -0.39 is 50.4 Å². The van der Waals surface area contributed by atoms with Crippen molar-refractivity contribution in [2.24, 2.45) is 0 Å². The molecule has 1 rings (SSSR count). The molecule has 1 N–H and O–H groups in total. The molecule has 8 nitrogen and oxygen atoms in total. The van der Waals surface area contributed by atoms with Crippen molar-refractivity contribution in [3.8, 4) is 12.3 Å². The summed E-state index contributed by atoms with van der Waals surface area (Å²) in [6.07, 6.45) is 4.95. The van der Waals surface area contributed by atoms with Gasteiger partial charge >= 0.3 is 5.97 Å². The van der Waals surface area contributed by atoms with E-state index in [4.69, 9.17) is 11.5 Å². The van der Waals surface area contributed by atoms with Crippen LogP contribution in [0.4, 0.5) is 10.1 Å². The topological polar surface area (TPSA) is 118 Å². The van der Waals surface area contributed by atoms with Crippen LogP contribution in [0.1, 0.15) is 0 Å². The average Bonchev–Trinajstić information content (AvgIpc) is 2.37. The average molecular weight is 316 g/mol. The van der Waals surface area contributed by atoms with Crippen molar-refractivity contribution in [1.29, 1.82) is 0 Å². The zero-order chi connectivity index (χ0) is 16.2. The Morgan fingerprint density at radius 2 is 2.14 bits per heavy atom. The van der Waals surface area contributed by atoms with Gasteiger partial charge in [0.2, 0.25) is 10.0 Å². The van der Waals surface area contributed by atoms with Crippen LogP contribution in [0.2, 0.25) is 0 Å². The van der Waals surface area contributed by atoms with Gasteiger partial charge in [-0.25, -0.2) is 12.8 Å². The van der Waals surface area contributed by atoms with E-state index in [0.29, 0.717) is 16.4 Å². The third-order valence-electron chi connectivity index (χ3n) is 2.32. The number of terminal acetylenes is 1. The number of carboxylic acid groups (broad SMARTS) is 1. The minimum absolute atomic E-state index is 0.375. The van der Waals surface area contributed by atoms with Gasteiger partial charge in [-0.2, -0.15) is 4.31 Å². The first-order chi connectivity index (χ1) is 9.70. The highest BCUT2D eigenvalue weighted by atomic mass is 32.2. The maximum Gasteiger partial charge on any atom is 0.318 e. The SMILES string of the molecule is C#CCN(CC(=O)O)S(=O)(=O)c1ccc([N+](=O)[O-])cc1F. The largest absolute Gasteiger partial charge is 0.480 e. The zero-order valence-corrected chi connectivity index (χ0v) is 11.2. The van der Waals surface area contributed by atoms with Gasteiger partial charge in [-0.05, 0) is 6.07 Å². The van der Waals surface area contributed by atoms with Gasteiger partial charge in [0, 0.05) is 6.07 Å². The zero-order valence-electron chi connectivity index (χ0n) is 10.4. The molecule has 0 unspecified atom stereocenters. The smallest absolute Gasteiger partial charge is 0.318 e. The molecule has 0 saturated heterocycles. The van der Waals surface area contributed by atoms with E-state index in [1.54, 1.807) is 0 Å². The van der Waals surface area contributed by atoms with Crippen LogP contribution in [-0.4, -0.2) is 41.8 Å². The second-order valence-corrected chi connectivity index (χ2v) is 5.65. The second-order valence-electron chi connectivity index (χ2n) is 3.74. The van der Waals surface area contributed by atoms with Crippen molar-refractivity contribution in [3.63, 3.8) is 0 Å². The number of carbonyl (C=O) groups is 1. The van der Waals surface area contributed by atoms with Crippen LogP contribution >= 0.6 is 0 Å². The molecule has 1 aromatic rings. The van der Waals surface area contributed by atoms with Crippen molar-refractivity contribution >= 4 is 21.7 Å². The fourth-order valence-corrected chi connectivity index (χ4v) is 2.78. The number of nitro benzene ring substituents is 1. The van der Waals surface area contributed by atoms with Crippen LogP contribution in [0.5, 0.6) is 0 Å². The molecule has 0 spiro atoms. The van der Waals surface area contributed by atoms with E-state index in [0.717, 1.165) is 6.07 Å². The summed E-state index contributed by atoms with van der Waals surface area (Å²) in [5, 5.41) is 19.1. The summed E-state index contributed by atoms with van der Waals surface area (Å²) in [7, 11) is -4.52. The number of rotatable bonds is 6. The van der Waals surface area contributed by atoms with Crippen molar-refractivity contribution in [2.45, 2.75) is 4.90 Å². The van der Waals surface area contributed by atoms with Crippen molar-refractivity contribution in [1.82, 2.24) is 4.31 Å². The predicted molar refractivity (Wildman–Crippen MR) is 68.3 cm³/mol. The molecule has 10 heteroatoms. The minimum Gasteiger partial charge on any atom is -0.480 e. The highest BCUT2D eigenvalue weighted by Crippen LogP contribution is 2.23. The van der Waals surface area contributed by atoms with Crippen molar-refractivity contribution < 1.29 is 27.6 Å². The Morgan fingerprint density at radius 1 is 1.52 bits per heavy atom. The van der Waals surface area contributed by atoms with E-state index in [9.17, 15) is 27.7 Å². The lowest BCUT2D eigenvalue weighted by molar-refractivity contribution is -0.385. The molecule has 0 bridgehead atoms. The van der Waals surface area contributed by atoms with E-state index in [1.807, 2.05) is 5.92 Å². The number of nitrogens with zero attached hydrogens (tertiary/aromatic N) is 2. The Kier molecular flexibility index (Phi) is 4.96. The third kappa shape index (κ3) is 3.74.